The first-order chi connectivity index (χ1) is 13.6. The highest BCUT2D eigenvalue weighted by molar-refractivity contribution is 5.94. The maximum atomic E-state index is 12.2. The molecule has 0 spiro atoms. The van der Waals surface area contributed by atoms with E-state index in [0.29, 0.717) is 17.9 Å². The van der Waals surface area contributed by atoms with Crippen molar-refractivity contribution in [2.45, 2.75) is 25.0 Å². The molecule has 2 N–H and O–H groups in total. The van der Waals surface area contributed by atoms with Gasteiger partial charge < -0.3 is 24.8 Å². The third-order valence-corrected chi connectivity index (χ3v) is 4.93. The molecule has 0 aliphatic carbocycles. The van der Waals surface area contributed by atoms with Crippen molar-refractivity contribution < 1.29 is 19.4 Å². The molecule has 6 nitrogen and oxygen atoms in total. The van der Waals surface area contributed by atoms with Crippen LogP contribution in [0.2, 0.25) is 0 Å². The molecule has 2 aromatic rings. The highest BCUT2D eigenvalue weighted by Crippen LogP contribution is 2.17. The van der Waals surface area contributed by atoms with Gasteiger partial charge in [-0.3, -0.25) is 4.79 Å². The van der Waals surface area contributed by atoms with Crippen LogP contribution in [-0.2, 0) is 0 Å². The molecule has 1 aliphatic rings. The number of benzene rings is 2. The van der Waals surface area contributed by atoms with E-state index in [-0.39, 0.29) is 18.6 Å². The molecule has 1 atom stereocenters. The average molecular weight is 384 g/mol. The predicted octanol–water partition coefficient (Wildman–Crippen LogP) is 2.33. The smallest absolute Gasteiger partial charge is 0.251 e. The van der Waals surface area contributed by atoms with Crippen molar-refractivity contribution in [1.29, 1.82) is 0 Å². The number of carbonyl (C=O) groups is 1. The lowest BCUT2D eigenvalue weighted by atomic mass is 10.0. The van der Waals surface area contributed by atoms with Gasteiger partial charge in [-0.1, -0.05) is 18.2 Å². The number of rotatable bonds is 8. The largest absolute Gasteiger partial charge is 0.497 e. The van der Waals surface area contributed by atoms with Gasteiger partial charge >= 0.3 is 0 Å². The van der Waals surface area contributed by atoms with E-state index in [4.69, 9.17) is 9.47 Å². The van der Waals surface area contributed by atoms with E-state index in [1.54, 1.807) is 7.11 Å². The van der Waals surface area contributed by atoms with Crippen molar-refractivity contribution in [1.82, 2.24) is 10.2 Å². The Bertz CT molecular complexity index is 728. The molecule has 2 aromatic carbocycles. The average Bonchev–Trinajstić information content (AvgIpc) is 2.74. The quantitative estimate of drug-likeness (QED) is 0.731. The molecule has 0 aromatic heterocycles. The highest BCUT2D eigenvalue weighted by atomic mass is 16.5. The number of hydrogen-bond acceptors (Lipinski definition) is 5. The minimum absolute atomic E-state index is 0.0213. The van der Waals surface area contributed by atoms with E-state index < -0.39 is 6.10 Å². The van der Waals surface area contributed by atoms with Gasteiger partial charge in [0.15, 0.2) is 0 Å². The molecule has 0 bridgehead atoms. The van der Waals surface area contributed by atoms with Gasteiger partial charge in [-0.2, -0.15) is 0 Å². The Hall–Kier alpha value is -2.57. The Morgan fingerprint density at radius 3 is 2.39 bits per heavy atom. The number of amides is 1. The Morgan fingerprint density at radius 2 is 1.75 bits per heavy atom. The number of nitrogens with one attached hydrogen (secondary N) is 1. The Kier molecular flexibility index (Phi) is 7.28. The number of ether oxygens (including phenoxy) is 2. The fourth-order valence-electron chi connectivity index (χ4n) is 3.33. The molecular weight excluding hydrogens is 356 g/mol. The molecule has 150 valence electrons. The van der Waals surface area contributed by atoms with E-state index in [9.17, 15) is 9.90 Å². The Morgan fingerprint density at radius 1 is 1.11 bits per heavy atom. The van der Waals surface area contributed by atoms with Gasteiger partial charge in [-0.25, -0.2) is 0 Å². The van der Waals surface area contributed by atoms with Crippen LogP contribution < -0.4 is 14.8 Å². The SMILES string of the molecule is COc1ccc(OC[C@H](O)CN2CCC(NC(=O)c3ccccc3)CC2)cc1. The monoisotopic (exact) mass is 384 g/mol. The Balaban J connectivity index is 1.35. The summed E-state index contributed by atoms with van der Waals surface area (Å²) >= 11 is 0. The molecular formula is C22H28N2O4. The lowest BCUT2D eigenvalue weighted by molar-refractivity contribution is 0.0567. The number of β-amino-alcohol motifs (C(OH)–C–C–N with tert-alkyl or cyclic N) is 1. The molecule has 0 unspecified atom stereocenters. The summed E-state index contributed by atoms with van der Waals surface area (Å²) in [5.41, 5.74) is 0.691. The molecule has 1 fully saturated rings. The highest BCUT2D eigenvalue weighted by Gasteiger charge is 2.22. The zero-order valence-electron chi connectivity index (χ0n) is 16.2. The van der Waals surface area contributed by atoms with Crippen LogP contribution in [0.15, 0.2) is 54.6 Å². The number of hydrogen-bond donors (Lipinski definition) is 2. The van der Waals surface area contributed by atoms with Gasteiger partial charge in [-0.15, -0.1) is 0 Å². The van der Waals surface area contributed by atoms with Gasteiger partial charge in [0.25, 0.3) is 5.91 Å². The summed E-state index contributed by atoms with van der Waals surface area (Å²) < 4.78 is 10.8. The van der Waals surface area contributed by atoms with Gasteiger partial charge in [0, 0.05) is 31.2 Å². The van der Waals surface area contributed by atoms with Crippen LogP contribution in [0.25, 0.3) is 0 Å². The van der Waals surface area contributed by atoms with Crippen LogP contribution >= 0.6 is 0 Å². The molecule has 1 heterocycles. The molecule has 28 heavy (non-hydrogen) atoms. The first kappa shape index (κ1) is 20.2. The number of aliphatic hydroxyl groups is 1. The van der Waals surface area contributed by atoms with Crippen molar-refractivity contribution in [3.05, 3.63) is 60.2 Å². The van der Waals surface area contributed by atoms with Crippen LogP contribution in [0.1, 0.15) is 23.2 Å². The lowest BCUT2D eigenvalue weighted by Crippen LogP contribution is -2.47. The first-order valence-electron chi connectivity index (χ1n) is 9.67. The summed E-state index contributed by atoms with van der Waals surface area (Å²) in [6, 6.07) is 16.8. The lowest BCUT2D eigenvalue weighted by Gasteiger charge is -2.33. The molecule has 6 heteroatoms. The summed E-state index contributed by atoms with van der Waals surface area (Å²) in [5.74, 6) is 1.46. The molecule has 0 radical (unpaired) electrons. The molecule has 1 aliphatic heterocycles. The summed E-state index contributed by atoms with van der Waals surface area (Å²) in [7, 11) is 1.62. The van der Waals surface area contributed by atoms with Crippen LogP contribution in [0.5, 0.6) is 11.5 Å². The summed E-state index contributed by atoms with van der Waals surface area (Å²) in [4.78, 5) is 14.5. The number of carbonyl (C=O) groups excluding carboxylic acids is 1. The van der Waals surface area contributed by atoms with Crippen molar-refractivity contribution in [3.8, 4) is 11.5 Å². The maximum Gasteiger partial charge on any atom is 0.251 e. The maximum absolute atomic E-state index is 12.2. The van der Waals surface area contributed by atoms with Crippen LogP contribution in [0.3, 0.4) is 0 Å². The Labute approximate surface area is 166 Å². The van der Waals surface area contributed by atoms with Gasteiger partial charge in [0.1, 0.15) is 24.2 Å². The fourth-order valence-corrected chi connectivity index (χ4v) is 3.33. The second kappa shape index (κ2) is 10.1. The van der Waals surface area contributed by atoms with Crippen molar-refractivity contribution >= 4 is 5.91 Å². The van der Waals surface area contributed by atoms with E-state index in [1.165, 1.54) is 0 Å². The summed E-state index contributed by atoms with van der Waals surface area (Å²) in [6.07, 6.45) is 1.20. The second-order valence-corrected chi connectivity index (χ2v) is 7.05. The number of piperidine rings is 1. The first-order valence-corrected chi connectivity index (χ1v) is 9.67. The third kappa shape index (κ3) is 5.97. The van der Waals surface area contributed by atoms with Crippen LogP contribution in [-0.4, -0.2) is 61.4 Å². The van der Waals surface area contributed by atoms with E-state index in [0.717, 1.165) is 31.7 Å². The zero-order valence-corrected chi connectivity index (χ0v) is 16.2. The topological polar surface area (TPSA) is 71.0 Å². The predicted molar refractivity (Wildman–Crippen MR) is 108 cm³/mol. The van der Waals surface area contributed by atoms with Gasteiger partial charge in [-0.05, 0) is 49.2 Å². The van der Waals surface area contributed by atoms with Crippen LogP contribution in [0.4, 0.5) is 0 Å². The molecule has 1 amide bonds. The second-order valence-electron chi connectivity index (χ2n) is 7.05. The van der Waals surface area contributed by atoms with E-state index >= 15 is 0 Å². The van der Waals surface area contributed by atoms with E-state index in [1.807, 2.05) is 54.6 Å². The third-order valence-electron chi connectivity index (χ3n) is 4.93. The normalized spacial score (nSPS) is 16.4. The van der Waals surface area contributed by atoms with Gasteiger partial charge in [0.2, 0.25) is 0 Å². The molecule has 0 saturated carbocycles. The zero-order chi connectivity index (χ0) is 19.8. The molecule has 1 saturated heterocycles. The van der Waals surface area contributed by atoms with Crippen molar-refractivity contribution in [2.24, 2.45) is 0 Å². The standard InChI is InChI=1S/C22H28N2O4/c1-27-20-7-9-21(10-8-20)28-16-19(25)15-24-13-11-18(12-14-24)23-22(26)17-5-3-2-4-6-17/h2-10,18-19,25H,11-16H2,1H3,(H,23,26)/t19-/m1/s1. The fraction of sp³-hybridized carbons (Fsp3) is 0.409. The van der Waals surface area contributed by atoms with E-state index in [2.05, 4.69) is 10.2 Å². The number of aliphatic hydroxyl groups excluding tert-OH is 1. The van der Waals surface area contributed by atoms with Crippen molar-refractivity contribution in [2.75, 3.05) is 33.4 Å². The minimum atomic E-state index is -0.558. The minimum Gasteiger partial charge on any atom is -0.497 e. The number of nitrogens with zero attached hydrogens (tertiary/aromatic N) is 1. The summed E-state index contributed by atoms with van der Waals surface area (Å²) in [5, 5.41) is 13.4. The number of methoxy groups -OCH3 is 1. The van der Waals surface area contributed by atoms with Crippen molar-refractivity contribution in [3.63, 3.8) is 0 Å². The van der Waals surface area contributed by atoms with Crippen LogP contribution in [0, 0.1) is 0 Å². The van der Waals surface area contributed by atoms with Gasteiger partial charge in [0.05, 0.1) is 7.11 Å². The molecule has 3 rings (SSSR count). The summed E-state index contributed by atoms with van der Waals surface area (Å²) in [6.45, 7) is 2.51. The number of likely N-dealkylation sites (tertiary alicyclic amines) is 1.